The van der Waals surface area contributed by atoms with Crippen LogP contribution in [0.15, 0.2) is 0 Å². The van der Waals surface area contributed by atoms with Crippen molar-refractivity contribution in [2.45, 2.75) is 51.0 Å². The van der Waals surface area contributed by atoms with Crippen molar-refractivity contribution in [1.29, 1.82) is 0 Å². The molecule has 4 nitrogen and oxygen atoms in total. The molecule has 0 aliphatic heterocycles. The molecule has 1 aliphatic rings. The molecule has 98 valence electrons. The minimum absolute atomic E-state index is 0. The first-order valence-electron chi connectivity index (χ1n) is 5.76. The Hall–Kier alpha value is 0.160. The van der Waals surface area contributed by atoms with Crippen LogP contribution < -0.4 is 5.32 Å². The summed E-state index contributed by atoms with van der Waals surface area (Å²) in [7, 11) is -3.76. The Balaban J connectivity index is 0.00000225. The molecule has 0 heterocycles. The lowest BCUT2D eigenvalue weighted by molar-refractivity contribution is 0.371. The van der Waals surface area contributed by atoms with Gasteiger partial charge in [-0.15, -0.1) is 12.4 Å². The van der Waals surface area contributed by atoms with Crippen LogP contribution in [-0.2, 0) is 10.1 Å². The molecule has 16 heavy (non-hydrogen) atoms. The van der Waals surface area contributed by atoms with Gasteiger partial charge in [-0.25, -0.2) is 0 Å². The Morgan fingerprint density at radius 3 is 2.31 bits per heavy atom. The number of rotatable bonds is 6. The van der Waals surface area contributed by atoms with Gasteiger partial charge in [0.05, 0.1) is 5.75 Å². The van der Waals surface area contributed by atoms with E-state index in [4.69, 9.17) is 4.55 Å². The van der Waals surface area contributed by atoms with Crippen LogP contribution in [0.5, 0.6) is 0 Å². The van der Waals surface area contributed by atoms with Crippen LogP contribution in [-0.4, -0.2) is 31.3 Å². The average Bonchev–Trinajstić information content (AvgIpc) is 2.17. The summed E-state index contributed by atoms with van der Waals surface area (Å²) in [5.41, 5.74) is 0. The Morgan fingerprint density at radius 2 is 1.75 bits per heavy atom. The van der Waals surface area contributed by atoms with Crippen molar-refractivity contribution in [3.05, 3.63) is 0 Å². The van der Waals surface area contributed by atoms with Gasteiger partial charge in [-0.3, -0.25) is 4.55 Å². The van der Waals surface area contributed by atoms with E-state index in [1.165, 1.54) is 32.1 Å². The van der Waals surface area contributed by atoms with Gasteiger partial charge in [0, 0.05) is 6.04 Å². The van der Waals surface area contributed by atoms with E-state index in [-0.39, 0.29) is 18.2 Å². The van der Waals surface area contributed by atoms with E-state index in [1.807, 2.05) is 0 Å². The van der Waals surface area contributed by atoms with Crippen molar-refractivity contribution in [3.8, 4) is 0 Å². The Kier molecular flexibility index (Phi) is 8.36. The van der Waals surface area contributed by atoms with Crippen LogP contribution in [0.3, 0.4) is 0 Å². The maximum atomic E-state index is 10.4. The smallest absolute Gasteiger partial charge is 0.264 e. The molecule has 1 rings (SSSR count). The molecule has 0 bridgehead atoms. The lowest BCUT2D eigenvalue weighted by Crippen LogP contribution is -2.31. The Labute approximate surface area is 104 Å². The zero-order chi connectivity index (χ0) is 11.1. The molecule has 0 atom stereocenters. The van der Waals surface area contributed by atoms with E-state index >= 15 is 0 Å². The van der Waals surface area contributed by atoms with Crippen molar-refractivity contribution >= 4 is 22.5 Å². The normalized spacial score (nSPS) is 18.1. The largest absolute Gasteiger partial charge is 0.314 e. The van der Waals surface area contributed by atoms with Gasteiger partial charge in [0.15, 0.2) is 0 Å². The minimum Gasteiger partial charge on any atom is -0.314 e. The zero-order valence-corrected chi connectivity index (χ0v) is 11.2. The Bertz CT molecular complexity index is 263. The van der Waals surface area contributed by atoms with Gasteiger partial charge in [0.25, 0.3) is 10.1 Å². The van der Waals surface area contributed by atoms with Gasteiger partial charge in [-0.05, 0) is 32.2 Å². The molecular formula is C10H22ClNO3S. The number of hydrogen-bond donors (Lipinski definition) is 2. The number of hydrogen-bond acceptors (Lipinski definition) is 3. The van der Waals surface area contributed by atoms with Gasteiger partial charge in [-0.2, -0.15) is 8.42 Å². The third-order valence-electron chi connectivity index (χ3n) is 2.87. The summed E-state index contributed by atoms with van der Waals surface area (Å²) >= 11 is 0. The lowest BCUT2D eigenvalue weighted by Gasteiger charge is -2.22. The van der Waals surface area contributed by atoms with Crippen molar-refractivity contribution in [1.82, 2.24) is 5.32 Å². The molecule has 0 unspecified atom stereocenters. The maximum Gasteiger partial charge on any atom is 0.264 e. The van der Waals surface area contributed by atoms with Gasteiger partial charge < -0.3 is 5.32 Å². The van der Waals surface area contributed by atoms with Crippen molar-refractivity contribution in [2.24, 2.45) is 0 Å². The predicted octanol–water partition coefficient (Wildman–Crippen LogP) is 2.00. The molecule has 1 aliphatic carbocycles. The average molecular weight is 272 g/mol. The third-order valence-corrected chi connectivity index (χ3v) is 3.67. The highest BCUT2D eigenvalue weighted by Gasteiger charge is 2.11. The summed E-state index contributed by atoms with van der Waals surface area (Å²) < 4.78 is 29.4. The highest BCUT2D eigenvalue weighted by molar-refractivity contribution is 7.85. The fourth-order valence-electron chi connectivity index (χ4n) is 2.02. The molecule has 0 saturated heterocycles. The SMILES string of the molecule is Cl.O=S(=O)(O)CCCCNC1CCCCC1. The van der Waals surface area contributed by atoms with E-state index in [0.717, 1.165) is 13.0 Å². The number of halogens is 1. The van der Waals surface area contributed by atoms with Crippen LogP contribution in [0.25, 0.3) is 0 Å². The van der Waals surface area contributed by atoms with E-state index in [2.05, 4.69) is 5.32 Å². The van der Waals surface area contributed by atoms with Crippen LogP contribution in [0.1, 0.15) is 44.9 Å². The second kappa shape index (κ2) is 8.28. The highest BCUT2D eigenvalue weighted by Crippen LogP contribution is 2.17. The van der Waals surface area contributed by atoms with E-state index in [0.29, 0.717) is 12.5 Å². The topological polar surface area (TPSA) is 66.4 Å². The van der Waals surface area contributed by atoms with Crippen LogP contribution in [0.4, 0.5) is 0 Å². The van der Waals surface area contributed by atoms with E-state index in [1.54, 1.807) is 0 Å². The van der Waals surface area contributed by atoms with Crippen molar-refractivity contribution in [2.75, 3.05) is 12.3 Å². The van der Waals surface area contributed by atoms with Crippen molar-refractivity contribution in [3.63, 3.8) is 0 Å². The summed E-state index contributed by atoms with van der Waals surface area (Å²) in [5.74, 6) is -0.112. The quantitative estimate of drug-likeness (QED) is 0.573. The van der Waals surface area contributed by atoms with Gasteiger partial charge >= 0.3 is 0 Å². The molecule has 2 N–H and O–H groups in total. The predicted molar refractivity (Wildman–Crippen MR) is 67.8 cm³/mol. The molecular weight excluding hydrogens is 250 g/mol. The zero-order valence-electron chi connectivity index (χ0n) is 9.52. The summed E-state index contributed by atoms with van der Waals surface area (Å²) in [6.45, 7) is 0.861. The molecule has 0 aromatic rings. The molecule has 6 heteroatoms. The van der Waals surface area contributed by atoms with Gasteiger partial charge in [0.1, 0.15) is 0 Å². The first kappa shape index (κ1) is 16.2. The Morgan fingerprint density at radius 1 is 1.12 bits per heavy atom. The molecule has 1 fully saturated rings. The number of nitrogens with one attached hydrogen (secondary N) is 1. The fourth-order valence-corrected chi connectivity index (χ4v) is 2.59. The summed E-state index contributed by atoms with van der Waals surface area (Å²) in [5, 5.41) is 3.43. The monoisotopic (exact) mass is 271 g/mol. The van der Waals surface area contributed by atoms with E-state index < -0.39 is 10.1 Å². The minimum atomic E-state index is -3.76. The molecule has 0 amide bonds. The summed E-state index contributed by atoms with van der Waals surface area (Å²) in [4.78, 5) is 0. The fraction of sp³-hybridized carbons (Fsp3) is 1.00. The first-order valence-corrected chi connectivity index (χ1v) is 7.37. The van der Waals surface area contributed by atoms with Gasteiger partial charge in [0.2, 0.25) is 0 Å². The summed E-state index contributed by atoms with van der Waals surface area (Å²) in [6.07, 6.45) is 7.82. The molecule has 0 radical (unpaired) electrons. The molecule has 0 aromatic heterocycles. The van der Waals surface area contributed by atoms with Crippen molar-refractivity contribution < 1.29 is 13.0 Å². The second-order valence-corrected chi connectivity index (χ2v) is 5.85. The second-order valence-electron chi connectivity index (χ2n) is 4.28. The standard InChI is InChI=1S/C10H21NO3S.ClH/c12-15(13,14)9-5-4-8-11-10-6-2-1-3-7-10;/h10-11H,1-9H2,(H,12,13,14);1H. The number of unbranched alkanes of at least 4 members (excludes halogenated alkanes) is 1. The van der Waals surface area contributed by atoms with Crippen LogP contribution in [0.2, 0.25) is 0 Å². The van der Waals surface area contributed by atoms with E-state index in [9.17, 15) is 8.42 Å². The summed E-state index contributed by atoms with van der Waals surface area (Å²) in [6, 6.07) is 0.629. The third kappa shape index (κ3) is 8.33. The lowest BCUT2D eigenvalue weighted by atomic mass is 9.95. The molecule has 0 spiro atoms. The molecule has 0 aromatic carbocycles. The molecule has 1 saturated carbocycles. The van der Waals surface area contributed by atoms with Crippen LogP contribution >= 0.6 is 12.4 Å². The van der Waals surface area contributed by atoms with Crippen LogP contribution in [0, 0.1) is 0 Å². The maximum absolute atomic E-state index is 10.4. The first-order chi connectivity index (χ1) is 7.08. The van der Waals surface area contributed by atoms with Gasteiger partial charge in [-0.1, -0.05) is 19.3 Å². The highest BCUT2D eigenvalue weighted by atomic mass is 35.5.